The fourth-order valence-electron chi connectivity index (χ4n) is 3.67. The molecule has 3 aromatic rings. The lowest BCUT2D eigenvalue weighted by Crippen LogP contribution is -2.35. The van der Waals surface area contributed by atoms with Gasteiger partial charge in [-0.1, -0.05) is 23.7 Å². The van der Waals surface area contributed by atoms with Crippen LogP contribution in [0.2, 0.25) is 5.02 Å². The summed E-state index contributed by atoms with van der Waals surface area (Å²) in [5, 5.41) is 10.0. The maximum atomic E-state index is 12.8. The van der Waals surface area contributed by atoms with E-state index in [0.29, 0.717) is 17.1 Å². The van der Waals surface area contributed by atoms with Crippen LogP contribution < -0.4 is 25.7 Å². The quantitative estimate of drug-likeness (QED) is 0.388. The van der Waals surface area contributed by atoms with Crippen molar-refractivity contribution in [3.8, 4) is 5.75 Å². The summed E-state index contributed by atoms with van der Waals surface area (Å²) in [6, 6.07) is 10.5. The van der Waals surface area contributed by atoms with Gasteiger partial charge in [-0.25, -0.2) is 13.4 Å². The van der Waals surface area contributed by atoms with Crippen LogP contribution in [0.15, 0.2) is 52.6 Å². The number of nitrogens with zero attached hydrogens (tertiary/aromatic N) is 4. The van der Waals surface area contributed by atoms with Crippen molar-refractivity contribution in [2.24, 2.45) is 5.10 Å². The minimum absolute atomic E-state index is 0.175. The number of benzene rings is 2. The molecule has 1 aliphatic rings. The first-order valence-corrected chi connectivity index (χ1v) is 13.2. The van der Waals surface area contributed by atoms with Gasteiger partial charge in [0.05, 0.1) is 41.4 Å². The summed E-state index contributed by atoms with van der Waals surface area (Å²) in [5.41, 5.74) is 5.97. The monoisotopic (exact) mass is 529 g/mol. The zero-order valence-electron chi connectivity index (χ0n) is 20.4. The highest BCUT2D eigenvalue weighted by Crippen LogP contribution is 2.35. The fourth-order valence-corrected chi connectivity index (χ4v) is 5.01. The molecule has 4 rings (SSSR count). The Morgan fingerprint density at radius 2 is 1.94 bits per heavy atom. The van der Waals surface area contributed by atoms with Gasteiger partial charge in [0.2, 0.25) is 5.95 Å². The molecule has 1 aromatic heterocycles. The summed E-state index contributed by atoms with van der Waals surface area (Å²) in [6.45, 7) is 6.80. The molecular weight excluding hydrogens is 502 g/mol. The Bertz CT molecular complexity index is 1400. The Morgan fingerprint density at radius 3 is 2.64 bits per heavy atom. The molecule has 2 aromatic carbocycles. The van der Waals surface area contributed by atoms with Gasteiger partial charge in [0.1, 0.15) is 17.1 Å². The van der Waals surface area contributed by atoms with Crippen LogP contribution in [0.3, 0.4) is 0 Å². The highest BCUT2D eigenvalue weighted by Gasteiger charge is 2.23. The van der Waals surface area contributed by atoms with Crippen LogP contribution in [0.4, 0.5) is 28.8 Å². The second kappa shape index (κ2) is 10.6. The minimum atomic E-state index is -3.52. The van der Waals surface area contributed by atoms with Gasteiger partial charge in [-0.15, -0.1) is 0 Å². The molecule has 0 unspecified atom stereocenters. The van der Waals surface area contributed by atoms with E-state index in [9.17, 15) is 8.42 Å². The molecular formula is C24H28ClN7O3S. The first kappa shape index (κ1) is 25.5. The number of hydrazone groups is 1. The van der Waals surface area contributed by atoms with E-state index < -0.39 is 15.1 Å². The number of aromatic nitrogens is 2. The Labute approximate surface area is 215 Å². The van der Waals surface area contributed by atoms with E-state index in [4.69, 9.17) is 16.3 Å². The van der Waals surface area contributed by atoms with Gasteiger partial charge in [-0.3, -0.25) is 0 Å². The number of aryl methyl sites for hydroxylation is 1. The number of para-hydroxylation sites is 1. The maximum Gasteiger partial charge on any atom is 0.229 e. The molecule has 0 saturated carbocycles. The summed E-state index contributed by atoms with van der Waals surface area (Å²) in [5.74, 6) is 1.13. The van der Waals surface area contributed by atoms with Crippen LogP contribution in [0.5, 0.6) is 5.75 Å². The molecule has 0 amide bonds. The zero-order chi connectivity index (χ0) is 25.9. The number of methoxy groups -OCH3 is 1. The second-order valence-corrected chi connectivity index (χ2v) is 11.3. The van der Waals surface area contributed by atoms with Gasteiger partial charge in [0.15, 0.2) is 15.7 Å². The molecule has 0 fully saturated rings. The van der Waals surface area contributed by atoms with Gasteiger partial charge in [0.25, 0.3) is 0 Å². The number of sulfone groups is 1. The molecule has 190 valence electrons. The summed E-state index contributed by atoms with van der Waals surface area (Å²) in [7, 11) is -1.93. The summed E-state index contributed by atoms with van der Waals surface area (Å²) >= 11 is 6.36. The zero-order valence-corrected chi connectivity index (χ0v) is 22.0. The van der Waals surface area contributed by atoms with Crippen LogP contribution in [-0.4, -0.2) is 50.2 Å². The smallest absolute Gasteiger partial charge is 0.229 e. The van der Waals surface area contributed by atoms with Gasteiger partial charge in [0, 0.05) is 18.3 Å². The lowest BCUT2D eigenvalue weighted by atomic mass is 10.1. The average molecular weight is 530 g/mol. The summed E-state index contributed by atoms with van der Waals surface area (Å²) in [4.78, 5) is 11.0. The minimum Gasteiger partial charge on any atom is -0.494 e. The molecule has 3 N–H and O–H groups in total. The number of rotatable bonds is 8. The highest BCUT2D eigenvalue weighted by atomic mass is 35.5. The van der Waals surface area contributed by atoms with Crippen LogP contribution in [0, 0.1) is 6.92 Å². The maximum absolute atomic E-state index is 12.8. The van der Waals surface area contributed by atoms with Gasteiger partial charge < -0.3 is 25.7 Å². The normalized spacial score (nSPS) is 13.4. The van der Waals surface area contributed by atoms with Crippen molar-refractivity contribution in [3.05, 3.63) is 53.2 Å². The fraction of sp³-hybridized carbons (Fsp3) is 0.292. The SMILES string of the molecule is COc1cc(N2C=NNCC2)c(C)cc1Nc1ncc(Cl)c(Nc2ccccc2S(=O)(=O)C(C)C)n1. The highest BCUT2D eigenvalue weighted by molar-refractivity contribution is 7.92. The number of anilines is 5. The Morgan fingerprint density at radius 1 is 1.17 bits per heavy atom. The van der Waals surface area contributed by atoms with Crippen molar-refractivity contribution in [3.63, 3.8) is 0 Å². The summed E-state index contributed by atoms with van der Waals surface area (Å²) in [6.07, 6.45) is 3.19. The van der Waals surface area contributed by atoms with E-state index >= 15 is 0 Å². The van der Waals surface area contributed by atoms with Crippen molar-refractivity contribution < 1.29 is 13.2 Å². The molecule has 1 aliphatic heterocycles. The lowest BCUT2D eigenvalue weighted by molar-refractivity contribution is 0.416. The molecule has 10 nitrogen and oxygen atoms in total. The number of halogens is 1. The number of nitrogens with one attached hydrogen (secondary N) is 3. The van der Waals surface area contributed by atoms with E-state index in [1.807, 2.05) is 24.0 Å². The molecule has 0 saturated heterocycles. The van der Waals surface area contributed by atoms with Crippen LogP contribution in [-0.2, 0) is 9.84 Å². The third-order valence-corrected chi connectivity index (χ3v) is 8.13. The van der Waals surface area contributed by atoms with E-state index in [2.05, 4.69) is 31.1 Å². The Kier molecular flexibility index (Phi) is 7.51. The standard InChI is InChI=1S/C24H28ClN7O3S/c1-15(2)36(33,34)22-8-6-5-7-18(22)29-23-17(25)13-26-24(31-23)30-19-11-16(3)20(12-21(19)35-4)32-10-9-27-28-14-32/h5-8,11-15,27H,9-10H2,1-4H3,(H2,26,29,30,31). The Balaban J connectivity index is 1.64. The molecule has 0 atom stereocenters. The van der Waals surface area contributed by atoms with Crippen molar-refractivity contribution in [1.29, 1.82) is 0 Å². The molecule has 2 heterocycles. The summed E-state index contributed by atoms with van der Waals surface area (Å²) < 4.78 is 31.3. The number of hydrogen-bond acceptors (Lipinski definition) is 10. The first-order valence-electron chi connectivity index (χ1n) is 11.3. The van der Waals surface area contributed by atoms with Crippen LogP contribution in [0.1, 0.15) is 19.4 Å². The van der Waals surface area contributed by atoms with Crippen LogP contribution >= 0.6 is 11.6 Å². The van der Waals surface area contributed by atoms with Crippen LogP contribution in [0.25, 0.3) is 0 Å². The molecule has 0 aliphatic carbocycles. The molecule has 0 radical (unpaired) electrons. The predicted molar refractivity (Wildman–Crippen MR) is 144 cm³/mol. The Hall–Kier alpha value is -3.57. The van der Waals surface area contributed by atoms with E-state index in [-0.39, 0.29) is 21.7 Å². The molecule has 12 heteroatoms. The average Bonchev–Trinajstić information content (AvgIpc) is 2.87. The third-order valence-electron chi connectivity index (χ3n) is 5.64. The largest absolute Gasteiger partial charge is 0.494 e. The van der Waals surface area contributed by atoms with E-state index in [0.717, 1.165) is 24.3 Å². The lowest BCUT2D eigenvalue weighted by Gasteiger charge is -2.26. The second-order valence-electron chi connectivity index (χ2n) is 8.42. The van der Waals surface area contributed by atoms with Crippen molar-refractivity contribution >= 4 is 56.6 Å². The number of ether oxygens (including phenoxy) is 1. The van der Waals surface area contributed by atoms with Crippen molar-refractivity contribution in [1.82, 2.24) is 15.4 Å². The first-order chi connectivity index (χ1) is 17.2. The third kappa shape index (κ3) is 5.31. The van der Waals surface area contributed by atoms with Gasteiger partial charge in [-0.05, 0) is 44.5 Å². The molecule has 0 bridgehead atoms. The van der Waals surface area contributed by atoms with Crippen molar-refractivity contribution in [2.75, 3.05) is 35.7 Å². The van der Waals surface area contributed by atoms with Gasteiger partial charge in [-0.2, -0.15) is 10.1 Å². The predicted octanol–water partition coefficient (Wildman–Crippen LogP) is 4.47. The van der Waals surface area contributed by atoms with Gasteiger partial charge >= 0.3 is 0 Å². The van der Waals surface area contributed by atoms with E-state index in [1.54, 1.807) is 51.6 Å². The molecule has 0 spiro atoms. The van der Waals surface area contributed by atoms with Crippen molar-refractivity contribution in [2.45, 2.75) is 30.9 Å². The number of hydrogen-bond donors (Lipinski definition) is 3. The topological polar surface area (TPSA) is 121 Å². The van der Waals surface area contributed by atoms with E-state index in [1.165, 1.54) is 6.20 Å². The molecule has 36 heavy (non-hydrogen) atoms.